The van der Waals surface area contributed by atoms with Crippen LogP contribution in [0.25, 0.3) is 0 Å². The fourth-order valence-corrected chi connectivity index (χ4v) is 0.332. The van der Waals surface area contributed by atoms with Crippen LogP contribution in [0.15, 0.2) is 0 Å². The molecule has 0 aliphatic heterocycles. The Kier molecular flexibility index (Phi) is 4.44. The van der Waals surface area contributed by atoms with E-state index in [9.17, 15) is 0 Å². The summed E-state index contributed by atoms with van der Waals surface area (Å²) in [4.78, 5) is 2.18. The van der Waals surface area contributed by atoms with Crippen LogP contribution in [0, 0.1) is 0 Å². The Bertz CT molecular complexity index is 43.9. The lowest BCUT2D eigenvalue weighted by molar-refractivity contribution is 0.0990. The van der Waals surface area contributed by atoms with E-state index >= 15 is 0 Å². The quantitative estimate of drug-likeness (QED) is 0.428. The van der Waals surface area contributed by atoms with Crippen LogP contribution in [0.2, 0.25) is 0 Å². The number of aliphatic hydroxyl groups excluding tert-OH is 2. The second-order valence-electron chi connectivity index (χ2n) is 1.17. The molecule has 0 aromatic heterocycles. The molecule has 0 radical (unpaired) electrons. The van der Waals surface area contributed by atoms with Gasteiger partial charge in [0.05, 0.1) is 12.7 Å². The van der Waals surface area contributed by atoms with Crippen LogP contribution in [0.3, 0.4) is 0 Å². The third-order valence-electron chi connectivity index (χ3n) is 0.524. The molecule has 0 aliphatic carbocycles. The first-order valence-electron chi connectivity index (χ1n) is 1.93. The second-order valence-corrected chi connectivity index (χ2v) is 1.44. The summed E-state index contributed by atoms with van der Waals surface area (Å²) >= 11 is 4.95. The molecule has 44 valence electrons. The predicted molar refractivity (Wildman–Crippen MR) is 26.9 cm³/mol. The monoisotopic (exact) mass is 125 g/mol. The van der Waals surface area contributed by atoms with Gasteiger partial charge in [0.25, 0.3) is 0 Å². The minimum Gasteiger partial charge on any atom is -0.394 e. The Morgan fingerprint density at radius 2 is 2.29 bits per heavy atom. The summed E-state index contributed by atoms with van der Waals surface area (Å²) < 4.78 is 0. The van der Waals surface area contributed by atoms with Gasteiger partial charge in [-0.25, -0.2) is 4.84 Å². The number of rotatable bonds is 3. The van der Waals surface area contributed by atoms with Gasteiger partial charge in [-0.15, -0.1) is 0 Å². The van der Waals surface area contributed by atoms with E-state index in [0.717, 1.165) is 0 Å². The molecule has 0 bridgehead atoms. The van der Waals surface area contributed by atoms with Gasteiger partial charge < -0.3 is 10.2 Å². The molecule has 0 aromatic rings. The van der Waals surface area contributed by atoms with Gasteiger partial charge >= 0.3 is 0 Å². The smallest absolute Gasteiger partial charge is 0.0908 e. The van der Waals surface area contributed by atoms with Gasteiger partial charge in [-0.2, -0.15) is 0 Å². The molecule has 0 aromatic carbocycles. The molecule has 3 nitrogen and oxygen atoms in total. The van der Waals surface area contributed by atoms with Gasteiger partial charge in [0, 0.05) is 6.54 Å². The highest BCUT2D eigenvalue weighted by Crippen LogP contribution is 1.75. The molecule has 0 fully saturated rings. The summed E-state index contributed by atoms with van der Waals surface area (Å²) in [7, 11) is 0. The van der Waals surface area contributed by atoms with Gasteiger partial charge in [0.1, 0.15) is 0 Å². The van der Waals surface area contributed by atoms with E-state index in [-0.39, 0.29) is 13.2 Å². The Labute approximate surface area is 47.0 Å². The first-order chi connectivity index (χ1) is 3.31. The third-order valence-corrected chi connectivity index (χ3v) is 0.678. The standard InChI is InChI=1S/C3H8ClNO2/c4-5-1-3(7)2-6/h3,5-7H,1-2H2. The molecule has 3 N–H and O–H groups in total. The lowest BCUT2D eigenvalue weighted by Crippen LogP contribution is -2.23. The number of hydrogen-bond donors (Lipinski definition) is 3. The Balaban J connectivity index is 2.83. The molecule has 0 heterocycles. The van der Waals surface area contributed by atoms with Crippen molar-refractivity contribution in [1.82, 2.24) is 4.84 Å². The average Bonchev–Trinajstić information content (AvgIpc) is 1.68. The molecule has 1 unspecified atom stereocenters. The molecule has 0 saturated heterocycles. The lowest BCUT2D eigenvalue weighted by Gasteiger charge is -2.01. The topological polar surface area (TPSA) is 52.5 Å². The summed E-state index contributed by atoms with van der Waals surface area (Å²) in [6.07, 6.45) is -0.738. The van der Waals surface area contributed by atoms with Gasteiger partial charge in [0.15, 0.2) is 0 Å². The first kappa shape index (κ1) is 7.17. The summed E-state index contributed by atoms with van der Waals surface area (Å²) in [5.41, 5.74) is 0. The second kappa shape index (κ2) is 4.33. The third kappa shape index (κ3) is 4.01. The normalized spacial score (nSPS) is 14.1. The number of nitrogens with one attached hydrogen (secondary N) is 1. The van der Waals surface area contributed by atoms with Crippen molar-refractivity contribution in [3.05, 3.63) is 0 Å². The fourth-order valence-electron chi connectivity index (χ4n) is 0.154. The maximum atomic E-state index is 8.46. The van der Waals surface area contributed by atoms with E-state index in [2.05, 4.69) is 4.84 Å². The lowest BCUT2D eigenvalue weighted by atomic mass is 10.4. The van der Waals surface area contributed by atoms with Crippen molar-refractivity contribution < 1.29 is 10.2 Å². The first-order valence-corrected chi connectivity index (χ1v) is 2.31. The summed E-state index contributed by atoms with van der Waals surface area (Å²) in [5, 5.41) is 16.6. The summed E-state index contributed by atoms with van der Waals surface area (Å²) in [6.45, 7) is -0.0300. The van der Waals surface area contributed by atoms with E-state index in [4.69, 9.17) is 22.0 Å². The highest BCUT2D eigenvalue weighted by molar-refractivity contribution is 6.13. The number of hydrogen-bond acceptors (Lipinski definition) is 3. The minimum atomic E-state index is -0.738. The molecule has 0 rings (SSSR count). The highest BCUT2D eigenvalue weighted by Gasteiger charge is 1.96. The Hall–Kier alpha value is 0.170. The van der Waals surface area contributed by atoms with Crippen LogP contribution in [0.5, 0.6) is 0 Å². The van der Waals surface area contributed by atoms with Crippen LogP contribution >= 0.6 is 11.8 Å². The molecule has 0 aliphatic rings. The zero-order valence-electron chi connectivity index (χ0n) is 3.76. The van der Waals surface area contributed by atoms with Gasteiger partial charge in [-0.1, -0.05) is 0 Å². The van der Waals surface area contributed by atoms with E-state index in [1.165, 1.54) is 0 Å². The SMILES string of the molecule is OCC(O)CNCl. The molecule has 0 saturated carbocycles. The largest absolute Gasteiger partial charge is 0.394 e. The molecule has 7 heavy (non-hydrogen) atoms. The van der Waals surface area contributed by atoms with Crippen molar-refractivity contribution in [3.8, 4) is 0 Å². The molecular formula is C3H8ClNO2. The molecule has 1 atom stereocenters. The molecule has 0 spiro atoms. The summed E-state index contributed by atoms with van der Waals surface area (Å²) in [5.74, 6) is 0. The van der Waals surface area contributed by atoms with Crippen molar-refractivity contribution in [2.24, 2.45) is 0 Å². The average molecular weight is 126 g/mol. The summed E-state index contributed by atoms with van der Waals surface area (Å²) in [6, 6.07) is 0. The van der Waals surface area contributed by atoms with Crippen LogP contribution in [0.4, 0.5) is 0 Å². The zero-order chi connectivity index (χ0) is 5.70. The Morgan fingerprint density at radius 3 is 2.43 bits per heavy atom. The van der Waals surface area contributed by atoms with Crippen molar-refractivity contribution in [1.29, 1.82) is 0 Å². The van der Waals surface area contributed by atoms with E-state index in [1.807, 2.05) is 0 Å². The number of aliphatic hydroxyl groups is 2. The van der Waals surface area contributed by atoms with Gasteiger partial charge in [-0.3, -0.25) is 0 Å². The fraction of sp³-hybridized carbons (Fsp3) is 1.00. The maximum Gasteiger partial charge on any atom is 0.0908 e. The van der Waals surface area contributed by atoms with Crippen LogP contribution in [0.1, 0.15) is 0 Å². The van der Waals surface area contributed by atoms with Crippen molar-refractivity contribution in [2.75, 3.05) is 13.2 Å². The van der Waals surface area contributed by atoms with E-state index in [1.54, 1.807) is 0 Å². The van der Waals surface area contributed by atoms with Gasteiger partial charge in [-0.05, 0) is 11.8 Å². The van der Waals surface area contributed by atoms with Crippen LogP contribution < -0.4 is 4.84 Å². The number of halogens is 1. The maximum absolute atomic E-state index is 8.46. The molecular weight excluding hydrogens is 117 g/mol. The Morgan fingerprint density at radius 1 is 1.71 bits per heavy atom. The van der Waals surface area contributed by atoms with Crippen LogP contribution in [-0.2, 0) is 0 Å². The molecule has 0 amide bonds. The van der Waals surface area contributed by atoms with Crippen molar-refractivity contribution in [2.45, 2.75) is 6.10 Å². The van der Waals surface area contributed by atoms with Crippen molar-refractivity contribution in [3.63, 3.8) is 0 Å². The van der Waals surface area contributed by atoms with Crippen molar-refractivity contribution >= 4 is 11.8 Å². The minimum absolute atomic E-state index is 0.220. The molecule has 4 heteroatoms. The van der Waals surface area contributed by atoms with Gasteiger partial charge in [0.2, 0.25) is 0 Å². The predicted octanol–water partition coefficient (Wildman–Crippen LogP) is -0.917. The van der Waals surface area contributed by atoms with E-state index < -0.39 is 6.10 Å². The van der Waals surface area contributed by atoms with E-state index in [0.29, 0.717) is 0 Å². The highest BCUT2D eigenvalue weighted by atomic mass is 35.5. The van der Waals surface area contributed by atoms with Crippen LogP contribution in [-0.4, -0.2) is 29.5 Å². The zero-order valence-corrected chi connectivity index (χ0v) is 4.52.